The first kappa shape index (κ1) is 10.2. The molecule has 0 fully saturated rings. The second kappa shape index (κ2) is 3.45. The van der Waals surface area contributed by atoms with Crippen LogP contribution >= 0.6 is 0 Å². The van der Waals surface area contributed by atoms with Crippen molar-refractivity contribution in [2.24, 2.45) is 0 Å². The number of aromatic nitrogens is 1. The van der Waals surface area contributed by atoms with Gasteiger partial charge in [0.2, 0.25) is 0 Å². The van der Waals surface area contributed by atoms with Crippen molar-refractivity contribution in [1.82, 2.24) is 4.98 Å². The van der Waals surface area contributed by atoms with E-state index in [2.05, 4.69) is 59.6 Å². The molecule has 0 radical (unpaired) electrons. The lowest BCUT2D eigenvalue weighted by atomic mass is 10.0. The number of pyridine rings is 1. The summed E-state index contributed by atoms with van der Waals surface area (Å²) in [6.07, 6.45) is 1.86. The highest BCUT2D eigenvalue weighted by Gasteiger charge is 2.21. The van der Waals surface area contributed by atoms with Crippen LogP contribution in [0.3, 0.4) is 0 Å². The second-order valence-corrected chi connectivity index (χ2v) is 5.30. The van der Waals surface area contributed by atoms with Crippen molar-refractivity contribution in [1.29, 1.82) is 0 Å². The van der Waals surface area contributed by atoms with Gasteiger partial charge in [0.25, 0.3) is 0 Å². The molecular formula is C19H11N. The number of rotatable bonds is 0. The van der Waals surface area contributed by atoms with Gasteiger partial charge in [0, 0.05) is 11.6 Å². The standard InChI is InChI=1S/C19H11N/c1-4-12-5-2-8-15-17-11-18-13(6-3-9-20-18)10-16(17)14(7-1)19(12)15/h1-11H. The van der Waals surface area contributed by atoms with Gasteiger partial charge in [-0.25, -0.2) is 0 Å². The molecule has 20 heavy (non-hydrogen) atoms. The Morgan fingerprint density at radius 3 is 2.10 bits per heavy atom. The fraction of sp³-hybridized carbons (Fsp3) is 0. The quantitative estimate of drug-likeness (QED) is 0.377. The van der Waals surface area contributed by atoms with Crippen LogP contribution in [0, 0.1) is 0 Å². The number of nitrogens with zero attached hydrogens (tertiary/aromatic N) is 1. The molecule has 1 heteroatoms. The molecule has 0 N–H and O–H groups in total. The minimum absolute atomic E-state index is 1.07. The third-order valence-corrected chi connectivity index (χ3v) is 4.23. The van der Waals surface area contributed by atoms with Crippen LogP contribution in [-0.2, 0) is 0 Å². The summed E-state index contributed by atoms with van der Waals surface area (Å²) in [7, 11) is 0. The maximum Gasteiger partial charge on any atom is 0.0708 e. The molecule has 0 saturated heterocycles. The second-order valence-electron chi connectivity index (χ2n) is 5.30. The van der Waals surface area contributed by atoms with E-state index in [0.29, 0.717) is 0 Å². The van der Waals surface area contributed by atoms with E-state index < -0.39 is 0 Å². The van der Waals surface area contributed by atoms with E-state index in [1.165, 1.54) is 38.4 Å². The highest BCUT2D eigenvalue weighted by atomic mass is 14.6. The molecule has 1 nitrogen and oxygen atoms in total. The molecule has 0 saturated carbocycles. The molecule has 0 atom stereocenters. The Kier molecular flexibility index (Phi) is 1.75. The van der Waals surface area contributed by atoms with Crippen molar-refractivity contribution < 1.29 is 0 Å². The molecule has 4 aromatic rings. The molecule has 1 aromatic heterocycles. The lowest BCUT2D eigenvalue weighted by Crippen LogP contribution is -1.81. The summed E-state index contributed by atoms with van der Waals surface area (Å²) in [6.45, 7) is 0. The van der Waals surface area contributed by atoms with Crippen molar-refractivity contribution in [3.05, 3.63) is 66.9 Å². The van der Waals surface area contributed by atoms with Crippen molar-refractivity contribution in [2.75, 3.05) is 0 Å². The zero-order chi connectivity index (χ0) is 13.1. The lowest BCUT2D eigenvalue weighted by Gasteiger charge is -2.04. The molecule has 0 bridgehead atoms. The van der Waals surface area contributed by atoms with Gasteiger partial charge in [-0.3, -0.25) is 4.98 Å². The van der Waals surface area contributed by atoms with Crippen LogP contribution < -0.4 is 0 Å². The zero-order valence-electron chi connectivity index (χ0n) is 10.8. The molecule has 1 aliphatic carbocycles. The predicted octanol–water partition coefficient (Wildman–Crippen LogP) is 5.04. The first-order valence-electron chi connectivity index (χ1n) is 6.83. The van der Waals surface area contributed by atoms with Crippen LogP contribution in [0.1, 0.15) is 0 Å². The normalized spacial score (nSPS) is 12.0. The first-order valence-corrected chi connectivity index (χ1v) is 6.83. The molecule has 1 heterocycles. The fourth-order valence-electron chi connectivity index (χ4n) is 3.36. The molecule has 92 valence electrons. The van der Waals surface area contributed by atoms with Gasteiger partial charge in [-0.15, -0.1) is 0 Å². The highest BCUT2D eigenvalue weighted by molar-refractivity contribution is 6.16. The third-order valence-electron chi connectivity index (χ3n) is 4.23. The van der Waals surface area contributed by atoms with E-state index in [1.807, 2.05) is 12.3 Å². The van der Waals surface area contributed by atoms with Crippen LogP contribution in [0.2, 0.25) is 0 Å². The number of fused-ring (bicyclic) bond motifs is 4. The van der Waals surface area contributed by atoms with E-state index in [1.54, 1.807) is 0 Å². The maximum absolute atomic E-state index is 4.49. The SMILES string of the molecule is c1cnc2cc3c(cc2c1)-c1cccc2cccc-3c12. The molecule has 5 rings (SSSR count). The monoisotopic (exact) mass is 253 g/mol. The van der Waals surface area contributed by atoms with Crippen LogP contribution in [0.5, 0.6) is 0 Å². The number of hydrogen-bond acceptors (Lipinski definition) is 1. The Labute approximate surface area is 116 Å². The predicted molar refractivity (Wildman–Crippen MR) is 83.7 cm³/mol. The topological polar surface area (TPSA) is 12.9 Å². The number of benzene rings is 3. The lowest BCUT2D eigenvalue weighted by molar-refractivity contribution is 1.41. The smallest absolute Gasteiger partial charge is 0.0708 e. The Balaban J connectivity index is 2.02. The van der Waals surface area contributed by atoms with E-state index >= 15 is 0 Å². The minimum atomic E-state index is 1.07. The Morgan fingerprint density at radius 1 is 0.600 bits per heavy atom. The average molecular weight is 253 g/mol. The van der Waals surface area contributed by atoms with Crippen LogP contribution in [0.4, 0.5) is 0 Å². The Bertz CT molecular complexity index is 922. The van der Waals surface area contributed by atoms with Gasteiger partial charge in [-0.05, 0) is 51.2 Å². The molecule has 1 aliphatic rings. The summed E-state index contributed by atoms with van der Waals surface area (Å²) >= 11 is 0. The average Bonchev–Trinajstić information content (AvgIpc) is 2.82. The van der Waals surface area contributed by atoms with Crippen molar-refractivity contribution >= 4 is 21.7 Å². The van der Waals surface area contributed by atoms with Gasteiger partial charge in [0.15, 0.2) is 0 Å². The third kappa shape index (κ3) is 1.15. The van der Waals surface area contributed by atoms with E-state index in [4.69, 9.17) is 0 Å². The van der Waals surface area contributed by atoms with E-state index in [9.17, 15) is 0 Å². The van der Waals surface area contributed by atoms with Gasteiger partial charge >= 0.3 is 0 Å². The Hall–Kier alpha value is -2.67. The largest absolute Gasteiger partial charge is 0.256 e. The first-order chi connectivity index (χ1) is 9.92. The summed E-state index contributed by atoms with van der Waals surface area (Å²) in [6, 6.07) is 21.7. The summed E-state index contributed by atoms with van der Waals surface area (Å²) in [5.41, 5.74) is 6.39. The van der Waals surface area contributed by atoms with E-state index in [-0.39, 0.29) is 0 Å². The molecular weight excluding hydrogens is 242 g/mol. The summed E-state index contributed by atoms with van der Waals surface area (Å²) in [5.74, 6) is 0. The molecule has 0 spiro atoms. The van der Waals surface area contributed by atoms with Gasteiger partial charge in [-0.1, -0.05) is 42.5 Å². The summed E-state index contributed by atoms with van der Waals surface area (Å²) in [4.78, 5) is 4.49. The number of hydrogen-bond donors (Lipinski definition) is 0. The summed E-state index contributed by atoms with van der Waals surface area (Å²) < 4.78 is 0. The van der Waals surface area contributed by atoms with Gasteiger partial charge in [0.1, 0.15) is 0 Å². The molecule has 0 unspecified atom stereocenters. The Morgan fingerprint density at radius 2 is 1.30 bits per heavy atom. The maximum atomic E-state index is 4.49. The highest BCUT2D eigenvalue weighted by Crippen LogP contribution is 2.47. The molecule has 0 aliphatic heterocycles. The molecule has 3 aromatic carbocycles. The fourth-order valence-corrected chi connectivity index (χ4v) is 3.36. The zero-order valence-corrected chi connectivity index (χ0v) is 10.8. The van der Waals surface area contributed by atoms with E-state index in [0.717, 1.165) is 5.52 Å². The van der Waals surface area contributed by atoms with Crippen LogP contribution in [-0.4, -0.2) is 4.98 Å². The van der Waals surface area contributed by atoms with Gasteiger partial charge in [-0.2, -0.15) is 0 Å². The van der Waals surface area contributed by atoms with Gasteiger partial charge in [0.05, 0.1) is 5.52 Å². The van der Waals surface area contributed by atoms with Crippen molar-refractivity contribution in [3.63, 3.8) is 0 Å². The summed E-state index contributed by atoms with van der Waals surface area (Å²) in [5, 5.41) is 3.89. The minimum Gasteiger partial charge on any atom is -0.256 e. The van der Waals surface area contributed by atoms with Gasteiger partial charge < -0.3 is 0 Å². The van der Waals surface area contributed by atoms with Crippen molar-refractivity contribution in [2.45, 2.75) is 0 Å². The van der Waals surface area contributed by atoms with Crippen LogP contribution in [0.15, 0.2) is 66.9 Å². The van der Waals surface area contributed by atoms with Crippen LogP contribution in [0.25, 0.3) is 43.9 Å². The van der Waals surface area contributed by atoms with Crippen molar-refractivity contribution in [3.8, 4) is 22.3 Å². The molecule has 0 amide bonds.